The largest absolute Gasteiger partial charge is 0.460 e. The van der Waals surface area contributed by atoms with Crippen LogP contribution in [-0.4, -0.2) is 63.1 Å². The maximum Gasteiger partial charge on any atom is 0.333 e. The molecule has 0 bridgehead atoms. The van der Waals surface area contributed by atoms with Gasteiger partial charge < -0.3 is 23.8 Å². The molecule has 2 atom stereocenters. The molecule has 0 aliphatic carbocycles. The Kier molecular flexibility index (Phi) is 23.0. The summed E-state index contributed by atoms with van der Waals surface area (Å²) < 4.78 is 28.0. The molecule has 7 nitrogen and oxygen atoms in total. The van der Waals surface area contributed by atoms with Gasteiger partial charge in [0.05, 0.1) is 39.0 Å². The second kappa shape index (κ2) is 23.3. The van der Waals surface area contributed by atoms with Gasteiger partial charge in [-0.2, -0.15) is 0 Å². The molecular weight excluding hydrogens is 441 g/mol. The molecule has 2 unspecified atom stereocenters. The van der Waals surface area contributed by atoms with Crippen molar-refractivity contribution in [3.63, 3.8) is 0 Å². The summed E-state index contributed by atoms with van der Waals surface area (Å²) in [6.07, 6.45) is 16.3. The van der Waals surface area contributed by atoms with E-state index >= 15 is 0 Å². The van der Waals surface area contributed by atoms with Crippen LogP contribution in [0.3, 0.4) is 0 Å². The Hall–Kier alpha value is -0.460. The molecule has 8 heteroatoms. The number of quaternary nitrogens is 1. The molecule has 0 fully saturated rings. The SMILES string of the molecule is CCCCCCCCCCCCCCCOCC(COP(=O)(O)CC[NH+](CC)CC)OC=O. The molecule has 198 valence electrons. The number of rotatable bonds is 26. The highest BCUT2D eigenvalue weighted by atomic mass is 31.2. The quantitative estimate of drug-likeness (QED) is 0.102. The monoisotopic (exact) mass is 494 g/mol. The van der Waals surface area contributed by atoms with E-state index in [1.54, 1.807) is 0 Å². The van der Waals surface area contributed by atoms with Crippen molar-refractivity contribution >= 4 is 14.1 Å². The van der Waals surface area contributed by atoms with Crippen LogP contribution in [-0.2, 0) is 23.4 Å². The molecule has 0 aromatic heterocycles. The zero-order valence-electron chi connectivity index (χ0n) is 21.7. The van der Waals surface area contributed by atoms with Crippen molar-refractivity contribution in [1.29, 1.82) is 0 Å². The first-order chi connectivity index (χ1) is 16.0. The van der Waals surface area contributed by atoms with Crippen molar-refractivity contribution < 1.29 is 33.2 Å². The van der Waals surface area contributed by atoms with Crippen LogP contribution in [0.2, 0.25) is 0 Å². The van der Waals surface area contributed by atoms with E-state index in [9.17, 15) is 14.3 Å². The van der Waals surface area contributed by atoms with E-state index in [2.05, 4.69) is 6.92 Å². The van der Waals surface area contributed by atoms with Crippen LogP contribution in [0.1, 0.15) is 104 Å². The van der Waals surface area contributed by atoms with E-state index in [0.29, 0.717) is 19.6 Å². The van der Waals surface area contributed by atoms with Crippen LogP contribution in [0.15, 0.2) is 0 Å². The van der Waals surface area contributed by atoms with Gasteiger partial charge in [-0.1, -0.05) is 84.0 Å². The summed E-state index contributed by atoms with van der Waals surface area (Å²) in [5.74, 6) is 0. The lowest BCUT2D eigenvalue weighted by atomic mass is 10.0. The van der Waals surface area contributed by atoms with Crippen LogP contribution in [0, 0.1) is 0 Å². The predicted molar refractivity (Wildman–Crippen MR) is 135 cm³/mol. The van der Waals surface area contributed by atoms with Gasteiger partial charge in [0.1, 0.15) is 6.10 Å². The van der Waals surface area contributed by atoms with Crippen LogP contribution in [0.4, 0.5) is 0 Å². The van der Waals surface area contributed by atoms with Crippen molar-refractivity contribution in [2.24, 2.45) is 0 Å². The maximum atomic E-state index is 12.2. The Bertz CT molecular complexity index is 476. The lowest BCUT2D eigenvalue weighted by molar-refractivity contribution is -0.893. The second-order valence-electron chi connectivity index (χ2n) is 9.04. The topological polar surface area (TPSA) is 86.5 Å². The Labute approximate surface area is 203 Å². The van der Waals surface area contributed by atoms with Gasteiger partial charge in [0.25, 0.3) is 6.47 Å². The molecule has 0 spiro atoms. The highest BCUT2D eigenvalue weighted by Crippen LogP contribution is 2.40. The summed E-state index contributed by atoms with van der Waals surface area (Å²) >= 11 is 0. The predicted octanol–water partition coefficient (Wildman–Crippen LogP) is 4.76. The molecule has 0 amide bonds. The molecule has 0 heterocycles. The Balaban J connectivity index is 3.70. The summed E-state index contributed by atoms with van der Waals surface area (Å²) in [5, 5.41) is 0. The zero-order chi connectivity index (χ0) is 24.6. The third-order valence-electron chi connectivity index (χ3n) is 6.15. The molecule has 2 N–H and O–H groups in total. The minimum atomic E-state index is -3.70. The number of carbonyl (C=O) groups is 1. The van der Waals surface area contributed by atoms with E-state index in [1.165, 1.54) is 75.5 Å². The van der Waals surface area contributed by atoms with Crippen molar-refractivity contribution in [2.45, 2.75) is 110 Å². The molecule has 0 aliphatic heterocycles. The Morgan fingerprint density at radius 1 is 0.818 bits per heavy atom. The molecule has 0 aliphatic rings. The lowest BCUT2D eigenvalue weighted by Gasteiger charge is -2.20. The summed E-state index contributed by atoms with van der Waals surface area (Å²) in [6, 6.07) is 0. The fourth-order valence-corrected chi connectivity index (χ4v) is 4.94. The van der Waals surface area contributed by atoms with Crippen molar-refractivity contribution in [2.75, 3.05) is 45.6 Å². The number of unbranched alkanes of at least 4 members (excludes halogenated alkanes) is 12. The van der Waals surface area contributed by atoms with Gasteiger partial charge in [-0.3, -0.25) is 9.36 Å². The minimum Gasteiger partial charge on any atom is -0.460 e. The molecule has 0 saturated heterocycles. The summed E-state index contributed by atoms with van der Waals surface area (Å²) in [4.78, 5) is 22.0. The van der Waals surface area contributed by atoms with Crippen LogP contribution >= 0.6 is 7.60 Å². The van der Waals surface area contributed by atoms with Gasteiger partial charge >= 0.3 is 7.60 Å². The minimum absolute atomic E-state index is 0.0949. The van der Waals surface area contributed by atoms with Crippen molar-refractivity contribution in [3.05, 3.63) is 0 Å². The van der Waals surface area contributed by atoms with Gasteiger partial charge in [0, 0.05) is 6.61 Å². The zero-order valence-corrected chi connectivity index (χ0v) is 22.6. The van der Waals surface area contributed by atoms with Crippen molar-refractivity contribution in [3.8, 4) is 0 Å². The number of nitrogens with one attached hydrogen (secondary N) is 1. The highest BCUT2D eigenvalue weighted by molar-refractivity contribution is 7.52. The molecule has 0 rings (SSSR count). The first-order valence-corrected chi connectivity index (χ1v) is 15.2. The number of hydrogen-bond acceptors (Lipinski definition) is 5. The van der Waals surface area contributed by atoms with Gasteiger partial charge in [0.15, 0.2) is 0 Å². The summed E-state index contributed by atoms with van der Waals surface area (Å²) in [5.41, 5.74) is 0. The standard InChI is InChI=1S/C25H52NO6P/c1-4-7-8-9-10-11-12-13-14-15-16-17-18-20-30-22-25(31-24-27)23-32-33(28,29)21-19-26(5-2)6-3/h24-25H,4-23H2,1-3H3,(H,28,29)/p+1. The Morgan fingerprint density at radius 3 is 1.82 bits per heavy atom. The second-order valence-corrected chi connectivity index (χ2v) is 11.0. The van der Waals surface area contributed by atoms with Crippen LogP contribution in [0.25, 0.3) is 0 Å². The normalized spacial score (nSPS) is 14.3. The smallest absolute Gasteiger partial charge is 0.333 e. The average molecular weight is 495 g/mol. The number of ether oxygens (including phenoxy) is 2. The average Bonchev–Trinajstić information content (AvgIpc) is 2.80. The van der Waals surface area contributed by atoms with E-state index in [1.807, 2.05) is 13.8 Å². The third kappa shape index (κ3) is 21.8. The molecule has 0 aromatic carbocycles. The molecule has 33 heavy (non-hydrogen) atoms. The van der Waals surface area contributed by atoms with Gasteiger partial charge in [-0.25, -0.2) is 0 Å². The fraction of sp³-hybridized carbons (Fsp3) is 0.960. The molecule has 0 radical (unpaired) electrons. The van der Waals surface area contributed by atoms with E-state index in [-0.39, 0.29) is 19.4 Å². The number of carbonyl (C=O) groups excluding carboxylic acids is 1. The first-order valence-electron chi connectivity index (χ1n) is 13.5. The maximum absolute atomic E-state index is 12.2. The Morgan fingerprint density at radius 2 is 1.33 bits per heavy atom. The first kappa shape index (κ1) is 32.5. The molecule has 0 saturated carbocycles. The van der Waals surface area contributed by atoms with Gasteiger partial charge in [-0.15, -0.1) is 0 Å². The lowest BCUT2D eigenvalue weighted by Crippen LogP contribution is -3.11. The van der Waals surface area contributed by atoms with E-state index in [4.69, 9.17) is 14.0 Å². The summed E-state index contributed by atoms with van der Waals surface area (Å²) in [6.45, 7) is 9.72. The fourth-order valence-electron chi connectivity index (χ4n) is 3.81. The van der Waals surface area contributed by atoms with Crippen LogP contribution in [0.5, 0.6) is 0 Å². The van der Waals surface area contributed by atoms with Crippen molar-refractivity contribution in [1.82, 2.24) is 0 Å². The van der Waals surface area contributed by atoms with E-state index in [0.717, 1.165) is 25.9 Å². The highest BCUT2D eigenvalue weighted by Gasteiger charge is 2.24. The third-order valence-corrected chi connectivity index (χ3v) is 7.50. The molecular formula is C25H53NO6P+. The summed E-state index contributed by atoms with van der Waals surface area (Å²) in [7, 11) is -3.70. The van der Waals surface area contributed by atoms with Gasteiger partial charge in [0.2, 0.25) is 0 Å². The van der Waals surface area contributed by atoms with E-state index < -0.39 is 13.7 Å². The van der Waals surface area contributed by atoms with Crippen LogP contribution < -0.4 is 4.90 Å². The molecule has 0 aromatic rings. The van der Waals surface area contributed by atoms with Gasteiger partial charge in [-0.05, 0) is 20.3 Å². The number of hydrogen-bond donors (Lipinski definition) is 2.